The molecule has 16 heteroatoms. The van der Waals surface area contributed by atoms with Crippen LogP contribution in [-0.4, -0.2) is 50.4 Å². The van der Waals surface area contributed by atoms with E-state index in [1.54, 1.807) is 13.8 Å². The summed E-state index contributed by atoms with van der Waals surface area (Å²) in [5.74, 6) is -0.407. The van der Waals surface area contributed by atoms with Gasteiger partial charge in [0.1, 0.15) is 11.9 Å². The maximum absolute atomic E-state index is 13.7. The third kappa shape index (κ3) is 7.57. The first kappa shape index (κ1) is 32.8. The second-order valence-corrected chi connectivity index (χ2v) is 12.6. The molecule has 0 saturated heterocycles. The molecule has 0 aliphatic carbocycles. The second-order valence-electron chi connectivity index (χ2n) is 10.8. The van der Waals surface area contributed by atoms with E-state index in [0.29, 0.717) is 26.0 Å². The fraction of sp³-hybridized carbons (Fsp3) is 0.462. The van der Waals surface area contributed by atoms with Gasteiger partial charge in [0.15, 0.2) is 0 Å². The Morgan fingerprint density at radius 2 is 1.67 bits per heavy atom. The maximum Gasteiger partial charge on any atom is 0.427 e. The second kappa shape index (κ2) is 11.2. The highest BCUT2D eigenvalue weighted by molar-refractivity contribution is 7.92. The van der Waals surface area contributed by atoms with E-state index in [9.17, 15) is 44.3 Å². The number of halogens is 6. The molecule has 1 heterocycles. The highest BCUT2D eigenvalue weighted by atomic mass is 32.2. The summed E-state index contributed by atoms with van der Waals surface area (Å²) in [5, 5.41) is 4.80. The molecule has 2 aromatic rings. The van der Waals surface area contributed by atoms with Crippen LogP contribution in [-0.2, 0) is 25.7 Å². The molecular weight excluding hydrogens is 596 g/mol. The Morgan fingerprint density at radius 3 is 2.24 bits per heavy atom. The third-order valence-electron chi connectivity index (χ3n) is 6.17. The molecule has 0 radical (unpaired) electrons. The van der Waals surface area contributed by atoms with Crippen LogP contribution in [0.3, 0.4) is 0 Å². The SMILES string of the molecule is CC(=O)NC(C)(C)C[C@H]1CN(S(=O)(=O)c2cccc(C(F)(F)F)c2)c2cc(NC(=O)OC(C)(C)C(F)(F)F)ccc2O1. The number of benzene rings is 2. The number of fused-ring (bicyclic) bond motifs is 1. The van der Waals surface area contributed by atoms with Crippen molar-refractivity contribution in [2.75, 3.05) is 16.2 Å². The molecule has 3 rings (SSSR count). The molecule has 0 aromatic heterocycles. The van der Waals surface area contributed by atoms with Gasteiger partial charge < -0.3 is 14.8 Å². The molecule has 42 heavy (non-hydrogen) atoms. The van der Waals surface area contributed by atoms with Crippen molar-refractivity contribution in [1.29, 1.82) is 0 Å². The van der Waals surface area contributed by atoms with Crippen LogP contribution < -0.4 is 19.7 Å². The number of nitrogens with zero attached hydrogens (tertiary/aromatic N) is 1. The van der Waals surface area contributed by atoms with E-state index < -0.39 is 62.7 Å². The minimum Gasteiger partial charge on any atom is -0.486 e. The molecule has 9 nitrogen and oxygen atoms in total. The molecular formula is C26H29F6N3O6S. The van der Waals surface area contributed by atoms with E-state index in [2.05, 4.69) is 15.4 Å². The van der Waals surface area contributed by atoms with Crippen molar-refractivity contribution < 1.29 is 53.8 Å². The first-order valence-electron chi connectivity index (χ1n) is 12.4. The largest absolute Gasteiger partial charge is 0.486 e. The lowest BCUT2D eigenvalue weighted by Crippen LogP contribution is -2.50. The van der Waals surface area contributed by atoms with Crippen molar-refractivity contribution >= 4 is 33.4 Å². The number of anilines is 2. The topological polar surface area (TPSA) is 114 Å². The first-order chi connectivity index (χ1) is 19.0. The number of sulfonamides is 1. The summed E-state index contributed by atoms with van der Waals surface area (Å²) in [4.78, 5) is 23.2. The standard InChI is InChI=1S/C26H29F6N3O6S/c1-15(36)34-23(2,3)13-18-14-35(42(38,39)19-8-6-7-16(11-19)25(27,28)29)20-12-17(9-10-21(20)40-18)33-22(37)41-24(4,5)26(30,31)32/h6-12,18H,13-14H2,1-5H3,(H,33,37)(H,34,36)/t18-/m0/s1. The van der Waals surface area contributed by atoms with Gasteiger partial charge in [0.25, 0.3) is 10.0 Å². The highest BCUT2D eigenvalue weighted by Gasteiger charge is 2.51. The summed E-state index contributed by atoms with van der Waals surface area (Å²) in [5.41, 5.74) is -5.31. The zero-order valence-electron chi connectivity index (χ0n) is 23.1. The Kier molecular flexibility index (Phi) is 8.74. The summed E-state index contributed by atoms with van der Waals surface area (Å²) < 4.78 is 118. The number of carbonyl (C=O) groups excluding carboxylic acids is 2. The summed E-state index contributed by atoms with van der Waals surface area (Å²) in [6.07, 6.45) is -12.0. The van der Waals surface area contributed by atoms with Crippen molar-refractivity contribution in [2.24, 2.45) is 0 Å². The molecule has 0 bridgehead atoms. The van der Waals surface area contributed by atoms with Gasteiger partial charge in [-0.15, -0.1) is 0 Å². The summed E-state index contributed by atoms with van der Waals surface area (Å²) >= 11 is 0. The van der Waals surface area contributed by atoms with Gasteiger partial charge >= 0.3 is 18.4 Å². The van der Waals surface area contributed by atoms with Gasteiger partial charge in [-0.3, -0.25) is 14.4 Å². The molecule has 0 saturated carbocycles. The van der Waals surface area contributed by atoms with E-state index in [4.69, 9.17) is 4.74 Å². The Hall–Kier alpha value is -3.69. The van der Waals surface area contributed by atoms with Gasteiger partial charge in [-0.2, -0.15) is 26.3 Å². The fourth-order valence-electron chi connectivity index (χ4n) is 4.21. The molecule has 2 amide bonds. The van der Waals surface area contributed by atoms with Crippen LogP contribution in [0.25, 0.3) is 0 Å². The van der Waals surface area contributed by atoms with Gasteiger partial charge in [-0.1, -0.05) is 6.07 Å². The van der Waals surface area contributed by atoms with Crippen molar-refractivity contribution in [1.82, 2.24) is 5.32 Å². The van der Waals surface area contributed by atoms with Crippen molar-refractivity contribution in [3.63, 3.8) is 0 Å². The number of hydrogen-bond acceptors (Lipinski definition) is 6. The monoisotopic (exact) mass is 625 g/mol. The smallest absolute Gasteiger partial charge is 0.427 e. The van der Waals surface area contributed by atoms with E-state index in [0.717, 1.165) is 22.5 Å². The van der Waals surface area contributed by atoms with Crippen LogP contribution in [0.5, 0.6) is 5.75 Å². The Balaban J connectivity index is 2.04. The number of carbonyl (C=O) groups is 2. The van der Waals surface area contributed by atoms with Gasteiger partial charge in [0.2, 0.25) is 11.5 Å². The van der Waals surface area contributed by atoms with Crippen molar-refractivity contribution in [2.45, 2.75) is 75.5 Å². The highest BCUT2D eigenvalue weighted by Crippen LogP contribution is 2.41. The Labute approximate surface area is 238 Å². The van der Waals surface area contributed by atoms with Gasteiger partial charge in [-0.25, -0.2) is 13.2 Å². The molecule has 0 spiro atoms. The van der Waals surface area contributed by atoms with Gasteiger partial charge in [0.05, 0.1) is 22.7 Å². The molecule has 232 valence electrons. The molecule has 2 N–H and O–H groups in total. The predicted molar refractivity (Wildman–Crippen MR) is 140 cm³/mol. The normalized spacial score (nSPS) is 16.3. The lowest BCUT2D eigenvalue weighted by molar-refractivity contribution is -0.242. The number of nitrogens with one attached hydrogen (secondary N) is 2. The quantitative estimate of drug-likeness (QED) is 0.373. The Bertz CT molecular complexity index is 1460. The predicted octanol–water partition coefficient (Wildman–Crippen LogP) is 5.86. The minimum atomic E-state index is -4.89. The summed E-state index contributed by atoms with van der Waals surface area (Å²) in [6.45, 7) is 5.49. The zero-order valence-corrected chi connectivity index (χ0v) is 23.9. The Morgan fingerprint density at radius 1 is 1.02 bits per heavy atom. The molecule has 1 aliphatic heterocycles. The van der Waals surface area contributed by atoms with Crippen LogP contribution in [0.15, 0.2) is 47.4 Å². The molecule has 2 aromatic carbocycles. The molecule has 1 atom stereocenters. The maximum atomic E-state index is 13.7. The minimum absolute atomic E-state index is 0.0463. The lowest BCUT2D eigenvalue weighted by Gasteiger charge is -2.39. The zero-order chi connectivity index (χ0) is 31.9. The molecule has 0 unspecified atom stereocenters. The average molecular weight is 626 g/mol. The summed E-state index contributed by atoms with van der Waals surface area (Å²) in [7, 11) is -4.69. The van der Waals surface area contributed by atoms with Crippen molar-refractivity contribution in [3.8, 4) is 5.75 Å². The molecule has 1 aliphatic rings. The summed E-state index contributed by atoms with van der Waals surface area (Å²) in [6, 6.07) is 6.64. The average Bonchev–Trinajstić information content (AvgIpc) is 2.81. The number of alkyl halides is 6. The number of rotatable bonds is 7. The van der Waals surface area contributed by atoms with Crippen LogP contribution in [0.2, 0.25) is 0 Å². The fourth-order valence-corrected chi connectivity index (χ4v) is 5.76. The van der Waals surface area contributed by atoms with Crippen molar-refractivity contribution in [3.05, 3.63) is 48.0 Å². The van der Waals surface area contributed by atoms with Gasteiger partial charge in [0, 0.05) is 24.6 Å². The van der Waals surface area contributed by atoms with Crippen LogP contribution in [0.1, 0.15) is 46.6 Å². The van der Waals surface area contributed by atoms with Crippen LogP contribution in [0, 0.1) is 0 Å². The lowest BCUT2D eigenvalue weighted by atomic mass is 9.95. The third-order valence-corrected chi connectivity index (χ3v) is 7.95. The van der Waals surface area contributed by atoms with E-state index in [1.807, 2.05) is 0 Å². The van der Waals surface area contributed by atoms with Crippen LogP contribution in [0.4, 0.5) is 42.5 Å². The number of ether oxygens (including phenoxy) is 2. The van der Waals surface area contributed by atoms with E-state index >= 15 is 0 Å². The van der Waals surface area contributed by atoms with Gasteiger partial charge in [-0.05, 0) is 64.1 Å². The first-order valence-corrected chi connectivity index (χ1v) is 13.8. The molecule has 0 fully saturated rings. The number of amides is 2. The number of hydrogen-bond donors (Lipinski definition) is 2. The van der Waals surface area contributed by atoms with E-state index in [1.165, 1.54) is 19.1 Å². The van der Waals surface area contributed by atoms with Crippen LogP contribution >= 0.6 is 0 Å². The van der Waals surface area contributed by atoms with E-state index in [-0.39, 0.29) is 29.5 Å².